The van der Waals surface area contributed by atoms with Gasteiger partial charge in [0.1, 0.15) is 0 Å². The molecule has 0 aromatic rings. The van der Waals surface area contributed by atoms with Crippen LogP contribution in [0.1, 0.15) is 19.8 Å². The van der Waals surface area contributed by atoms with E-state index < -0.39 is 11.2 Å². The third-order valence-electron chi connectivity index (χ3n) is 2.12. The molecule has 4 heteroatoms. The lowest BCUT2D eigenvalue weighted by Gasteiger charge is -2.15. The quantitative estimate of drug-likeness (QED) is 0.486. The van der Waals surface area contributed by atoms with Gasteiger partial charge < -0.3 is 9.29 Å². The third kappa shape index (κ3) is 1.93. The molecule has 3 atom stereocenters. The second kappa shape index (κ2) is 4.14. The number of hydrogen-bond acceptors (Lipinski definition) is 3. The van der Waals surface area contributed by atoms with Crippen molar-refractivity contribution >= 4 is 17.1 Å². The summed E-state index contributed by atoms with van der Waals surface area (Å²) >= 11 is -1.08. The number of esters is 1. The molecule has 3 nitrogen and oxygen atoms in total. The highest BCUT2D eigenvalue weighted by Crippen LogP contribution is 2.25. The normalized spacial score (nSPS) is 31.8. The van der Waals surface area contributed by atoms with Gasteiger partial charge in [-0.1, -0.05) is 13.3 Å². The first kappa shape index (κ1) is 9.86. The van der Waals surface area contributed by atoms with Gasteiger partial charge in [-0.2, -0.15) is 0 Å². The second-order valence-corrected chi connectivity index (χ2v) is 4.60. The van der Waals surface area contributed by atoms with Crippen molar-refractivity contribution in [1.29, 1.82) is 0 Å². The molecule has 2 unspecified atom stereocenters. The summed E-state index contributed by atoms with van der Waals surface area (Å²) in [5, 5.41) is -0.370. The van der Waals surface area contributed by atoms with Crippen molar-refractivity contribution in [2.75, 3.05) is 12.9 Å². The van der Waals surface area contributed by atoms with E-state index in [1.165, 1.54) is 0 Å². The lowest BCUT2D eigenvalue weighted by molar-refractivity contribution is -0.137. The van der Waals surface area contributed by atoms with Crippen LogP contribution in [0, 0.1) is 5.92 Å². The Hall–Kier alpha value is -0.220. The fourth-order valence-electron chi connectivity index (χ4n) is 1.56. The topological polar surface area (TPSA) is 49.4 Å². The Kier molecular flexibility index (Phi) is 3.40. The smallest absolute Gasteiger partial charge is 0.359 e. The maximum atomic E-state index is 11.2. The van der Waals surface area contributed by atoms with Gasteiger partial charge in [0, 0.05) is 0 Å². The van der Waals surface area contributed by atoms with E-state index in [4.69, 9.17) is 4.74 Å². The van der Waals surface area contributed by atoms with Gasteiger partial charge in [-0.15, -0.1) is 0 Å². The standard InChI is InChI=1S/C8H14O3S/c1-3-4-6-5-11-8(9)7(6)12(2)10/h6-7H,3-5H2,1-2H3/t6-,7?,12?/m0/s1. The zero-order valence-electron chi connectivity index (χ0n) is 7.41. The number of rotatable bonds is 3. The largest absolute Gasteiger partial charge is 0.616 e. The van der Waals surface area contributed by atoms with Crippen molar-refractivity contribution in [3.63, 3.8) is 0 Å². The van der Waals surface area contributed by atoms with Crippen LogP contribution in [0.25, 0.3) is 0 Å². The predicted octanol–water partition coefficient (Wildman–Crippen LogP) is 0.707. The van der Waals surface area contributed by atoms with Crippen LogP contribution in [-0.2, 0) is 20.7 Å². The summed E-state index contributed by atoms with van der Waals surface area (Å²) in [6, 6.07) is 0. The molecule has 0 bridgehead atoms. The summed E-state index contributed by atoms with van der Waals surface area (Å²) in [6.07, 6.45) is 3.50. The molecule has 12 heavy (non-hydrogen) atoms. The average Bonchev–Trinajstić information content (AvgIpc) is 2.32. The molecule has 0 aromatic heterocycles. The molecule has 1 saturated heterocycles. The Balaban J connectivity index is 2.57. The molecule has 0 N–H and O–H groups in total. The number of cyclic esters (lactones) is 1. The fourth-order valence-corrected chi connectivity index (χ4v) is 2.66. The molecule has 1 aliphatic heterocycles. The third-order valence-corrected chi connectivity index (χ3v) is 3.41. The number of ether oxygens (including phenoxy) is 1. The van der Waals surface area contributed by atoms with E-state index in [9.17, 15) is 9.35 Å². The summed E-state index contributed by atoms with van der Waals surface area (Å²) in [5.74, 6) is -0.109. The van der Waals surface area contributed by atoms with E-state index in [0.29, 0.717) is 6.61 Å². The Morgan fingerprint density at radius 1 is 1.75 bits per heavy atom. The first-order chi connectivity index (χ1) is 5.66. The van der Waals surface area contributed by atoms with Gasteiger partial charge in [-0.3, -0.25) is 0 Å². The van der Waals surface area contributed by atoms with Gasteiger partial charge in [0.2, 0.25) is 5.25 Å². The summed E-state index contributed by atoms with van der Waals surface area (Å²) in [5.41, 5.74) is 0. The second-order valence-electron chi connectivity index (χ2n) is 3.10. The van der Waals surface area contributed by atoms with Crippen LogP contribution in [-0.4, -0.2) is 28.6 Å². The van der Waals surface area contributed by atoms with Crippen LogP contribution in [0.2, 0.25) is 0 Å². The van der Waals surface area contributed by atoms with Gasteiger partial charge in [0.15, 0.2) is 0 Å². The minimum Gasteiger partial charge on any atom is -0.616 e. The number of hydrogen-bond donors (Lipinski definition) is 0. The predicted molar refractivity (Wildman–Crippen MR) is 47.2 cm³/mol. The molecule has 0 spiro atoms. The Labute approximate surface area is 75.7 Å². The van der Waals surface area contributed by atoms with Crippen molar-refractivity contribution in [1.82, 2.24) is 0 Å². The van der Waals surface area contributed by atoms with Crippen LogP contribution < -0.4 is 0 Å². The molecule has 1 rings (SSSR count). The lowest BCUT2D eigenvalue weighted by Crippen LogP contribution is -2.31. The first-order valence-corrected chi connectivity index (χ1v) is 5.77. The maximum Gasteiger partial charge on any atom is 0.359 e. The molecule has 0 aliphatic carbocycles. The summed E-state index contributed by atoms with van der Waals surface area (Å²) in [6.45, 7) is 2.51. The highest BCUT2D eigenvalue weighted by molar-refractivity contribution is 7.92. The van der Waals surface area contributed by atoms with Crippen LogP contribution in [0.15, 0.2) is 0 Å². The van der Waals surface area contributed by atoms with Gasteiger partial charge >= 0.3 is 5.97 Å². The molecular formula is C8H14O3S. The molecule has 0 radical (unpaired) electrons. The van der Waals surface area contributed by atoms with Crippen LogP contribution in [0.5, 0.6) is 0 Å². The Morgan fingerprint density at radius 3 is 2.92 bits per heavy atom. The monoisotopic (exact) mass is 190 g/mol. The van der Waals surface area contributed by atoms with Gasteiger partial charge in [-0.05, 0) is 17.6 Å². The molecule has 1 aliphatic rings. The number of carbonyl (C=O) groups is 1. The molecular weight excluding hydrogens is 176 g/mol. The molecule has 0 aromatic carbocycles. The van der Waals surface area contributed by atoms with Crippen LogP contribution in [0.4, 0.5) is 0 Å². The number of carbonyl (C=O) groups excluding carboxylic acids is 1. The summed E-state index contributed by atoms with van der Waals surface area (Å²) in [4.78, 5) is 11.1. The molecule has 1 fully saturated rings. The van der Waals surface area contributed by atoms with E-state index in [1.807, 2.05) is 0 Å². The zero-order chi connectivity index (χ0) is 9.14. The highest BCUT2D eigenvalue weighted by atomic mass is 32.2. The van der Waals surface area contributed by atoms with Crippen LogP contribution in [0.3, 0.4) is 0 Å². The lowest BCUT2D eigenvalue weighted by atomic mass is 10.0. The summed E-state index contributed by atoms with van der Waals surface area (Å²) in [7, 11) is 0. The van der Waals surface area contributed by atoms with Gasteiger partial charge in [0.05, 0.1) is 18.8 Å². The van der Waals surface area contributed by atoms with Crippen molar-refractivity contribution in [3.8, 4) is 0 Å². The van der Waals surface area contributed by atoms with E-state index in [1.54, 1.807) is 6.26 Å². The van der Waals surface area contributed by atoms with Crippen molar-refractivity contribution < 1.29 is 14.1 Å². The van der Waals surface area contributed by atoms with Gasteiger partial charge in [-0.25, -0.2) is 4.79 Å². The van der Waals surface area contributed by atoms with E-state index in [-0.39, 0.29) is 17.1 Å². The molecule has 0 amide bonds. The minimum atomic E-state index is -1.08. The SMILES string of the molecule is CCC[C@H]1COC(=O)C1[S+](C)[O-]. The van der Waals surface area contributed by atoms with E-state index >= 15 is 0 Å². The van der Waals surface area contributed by atoms with Crippen molar-refractivity contribution in [3.05, 3.63) is 0 Å². The maximum absolute atomic E-state index is 11.2. The molecule has 70 valence electrons. The van der Waals surface area contributed by atoms with Gasteiger partial charge in [0.25, 0.3) is 0 Å². The van der Waals surface area contributed by atoms with Crippen molar-refractivity contribution in [2.24, 2.45) is 5.92 Å². The first-order valence-electron chi connectivity index (χ1n) is 4.15. The minimum absolute atomic E-state index is 0.174. The molecule has 1 heterocycles. The zero-order valence-corrected chi connectivity index (χ0v) is 8.23. The fraction of sp³-hybridized carbons (Fsp3) is 0.875. The van der Waals surface area contributed by atoms with E-state index in [0.717, 1.165) is 12.8 Å². The van der Waals surface area contributed by atoms with Crippen LogP contribution >= 0.6 is 0 Å². The summed E-state index contributed by atoms with van der Waals surface area (Å²) < 4.78 is 16.0. The highest BCUT2D eigenvalue weighted by Gasteiger charge is 2.43. The van der Waals surface area contributed by atoms with E-state index in [2.05, 4.69) is 6.92 Å². The average molecular weight is 190 g/mol. The molecule has 0 saturated carbocycles. The Bertz CT molecular complexity index is 170. The Morgan fingerprint density at radius 2 is 2.42 bits per heavy atom. The van der Waals surface area contributed by atoms with Crippen molar-refractivity contribution in [2.45, 2.75) is 25.0 Å².